The standard InChI is InChI=1S/C23H24N6O2/c1-4-5-18(24-2)19-8-9-25-23(27-19)26-17-6-7-20-16(14-17)15-21(31-20)22(30)29-12-10-28(3)11-13-29/h4-9,14-15H,1-2,10-13H2,3H3,(H,25,26,27)/b18-5-. The van der Waals surface area contributed by atoms with E-state index in [1.807, 2.05) is 23.1 Å². The molecular weight excluding hydrogens is 392 g/mol. The summed E-state index contributed by atoms with van der Waals surface area (Å²) in [5.41, 5.74) is 2.68. The van der Waals surface area contributed by atoms with Crippen molar-refractivity contribution in [2.45, 2.75) is 0 Å². The number of carbonyl (C=O) groups excluding carboxylic acids is 1. The Hall–Kier alpha value is -3.78. The monoisotopic (exact) mass is 416 g/mol. The molecule has 0 atom stereocenters. The third-order valence-corrected chi connectivity index (χ3v) is 5.14. The second-order valence-electron chi connectivity index (χ2n) is 7.29. The Kier molecular flexibility index (Phi) is 5.90. The van der Waals surface area contributed by atoms with Crippen molar-refractivity contribution in [1.29, 1.82) is 0 Å². The van der Waals surface area contributed by atoms with Gasteiger partial charge in [-0.1, -0.05) is 12.7 Å². The molecule has 158 valence electrons. The summed E-state index contributed by atoms with van der Waals surface area (Å²) >= 11 is 0. The number of allylic oxidation sites excluding steroid dienone is 2. The third-order valence-electron chi connectivity index (χ3n) is 5.14. The van der Waals surface area contributed by atoms with Crippen LogP contribution in [0, 0.1) is 0 Å². The zero-order chi connectivity index (χ0) is 21.8. The van der Waals surface area contributed by atoms with E-state index in [1.54, 1.807) is 30.5 Å². The lowest BCUT2D eigenvalue weighted by Gasteiger charge is -2.31. The van der Waals surface area contributed by atoms with Gasteiger partial charge in [-0.05, 0) is 50.2 Å². The van der Waals surface area contributed by atoms with Gasteiger partial charge in [-0.2, -0.15) is 0 Å². The fourth-order valence-electron chi connectivity index (χ4n) is 3.41. The van der Waals surface area contributed by atoms with Crippen molar-refractivity contribution >= 4 is 40.9 Å². The Morgan fingerprint density at radius 2 is 2.03 bits per heavy atom. The molecule has 1 aliphatic rings. The Morgan fingerprint density at radius 3 is 2.77 bits per heavy atom. The van der Waals surface area contributed by atoms with Crippen molar-refractivity contribution in [2.24, 2.45) is 4.99 Å². The molecule has 3 aromatic rings. The fraction of sp³-hybridized carbons (Fsp3) is 0.217. The summed E-state index contributed by atoms with van der Waals surface area (Å²) in [5.74, 6) is 0.701. The molecule has 1 fully saturated rings. The van der Waals surface area contributed by atoms with E-state index in [9.17, 15) is 4.79 Å². The maximum absolute atomic E-state index is 12.8. The van der Waals surface area contributed by atoms with Crippen LogP contribution in [0.3, 0.4) is 0 Å². The average molecular weight is 416 g/mol. The smallest absolute Gasteiger partial charge is 0.289 e. The summed E-state index contributed by atoms with van der Waals surface area (Å²) < 4.78 is 5.81. The first-order chi connectivity index (χ1) is 15.1. The van der Waals surface area contributed by atoms with E-state index in [0.717, 1.165) is 24.2 Å². The summed E-state index contributed by atoms with van der Waals surface area (Å²) in [6.07, 6.45) is 5.01. The third kappa shape index (κ3) is 4.54. The molecule has 4 rings (SSSR count). The summed E-state index contributed by atoms with van der Waals surface area (Å²) in [5, 5.41) is 4.02. The lowest BCUT2D eigenvalue weighted by molar-refractivity contribution is 0.0635. The maximum Gasteiger partial charge on any atom is 0.289 e. The summed E-state index contributed by atoms with van der Waals surface area (Å²) in [6, 6.07) is 9.13. The largest absolute Gasteiger partial charge is 0.451 e. The van der Waals surface area contributed by atoms with Crippen LogP contribution in [0.5, 0.6) is 0 Å². The van der Waals surface area contributed by atoms with Crippen LogP contribution in [-0.4, -0.2) is 65.6 Å². The van der Waals surface area contributed by atoms with Gasteiger partial charge in [-0.25, -0.2) is 9.97 Å². The van der Waals surface area contributed by atoms with E-state index in [0.29, 0.717) is 41.8 Å². The van der Waals surface area contributed by atoms with E-state index in [1.165, 1.54) is 0 Å². The Morgan fingerprint density at radius 1 is 1.23 bits per heavy atom. The van der Waals surface area contributed by atoms with Crippen LogP contribution in [0.15, 0.2) is 64.7 Å². The summed E-state index contributed by atoms with van der Waals surface area (Å²) in [4.78, 5) is 29.5. The Bertz CT molecular complexity index is 1160. The molecule has 1 aromatic carbocycles. The number of aliphatic imine (C=N–C) groups is 1. The number of amides is 1. The highest BCUT2D eigenvalue weighted by atomic mass is 16.3. The van der Waals surface area contributed by atoms with E-state index >= 15 is 0 Å². The number of fused-ring (bicyclic) bond motifs is 1. The first kappa shape index (κ1) is 20.5. The number of nitrogens with one attached hydrogen (secondary N) is 1. The van der Waals surface area contributed by atoms with Gasteiger partial charge in [0.15, 0.2) is 5.76 Å². The summed E-state index contributed by atoms with van der Waals surface area (Å²) in [7, 11) is 2.06. The van der Waals surface area contributed by atoms with Crippen molar-refractivity contribution in [3.05, 3.63) is 66.7 Å². The first-order valence-electron chi connectivity index (χ1n) is 9.98. The number of carbonyl (C=O) groups is 1. The number of rotatable bonds is 6. The number of benzene rings is 1. The SMILES string of the molecule is C=C/C=C(\N=C)c1ccnc(Nc2ccc3oc(C(=O)N4CCN(C)CC4)cc3c2)n1. The molecule has 8 nitrogen and oxygen atoms in total. The highest BCUT2D eigenvalue weighted by Gasteiger charge is 2.23. The molecule has 0 bridgehead atoms. The van der Waals surface area contributed by atoms with Gasteiger partial charge in [0.2, 0.25) is 5.95 Å². The zero-order valence-electron chi connectivity index (χ0n) is 17.4. The molecule has 2 aromatic heterocycles. The molecule has 0 spiro atoms. The average Bonchev–Trinajstić information content (AvgIpc) is 3.21. The molecule has 1 aliphatic heterocycles. The molecule has 8 heteroatoms. The molecule has 0 radical (unpaired) electrons. The van der Waals surface area contributed by atoms with Crippen LogP contribution in [0.2, 0.25) is 0 Å². The second-order valence-corrected chi connectivity index (χ2v) is 7.29. The molecule has 0 saturated carbocycles. The molecule has 1 N–H and O–H groups in total. The van der Waals surface area contributed by atoms with Gasteiger partial charge in [0.05, 0.1) is 11.4 Å². The number of likely N-dealkylation sites (N-methyl/N-ethyl adjacent to an activating group) is 1. The molecular formula is C23H24N6O2. The van der Waals surface area contributed by atoms with Crippen molar-refractivity contribution < 1.29 is 9.21 Å². The van der Waals surface area contributed by atoms with Crippen LogP contribution < -0.4 is 5.32 Å². The number of hydrogen-bond acceptors (Lipinski definition) is 7. The number of anilines is 2. The topological polar surface area (TPSA) is 86.9 Å². The van der Waals surface area contributed by atoms with E-state index < -0.39 is 0 Å². The lowest BCUT2D eigenvalue weighted by atomic mass is 10.2. The number of hydrogen-bond donors (Lipinski definition) is 1. The molecule has 1 amide bonds. The number of piperazine rings is 1. The Labute approximate surface area is 180 Å². The maximum atomic E-state index is 12.8. The van der Waals surface area contributed by atoms with E-state index in [2.05, 4.69) is 45.5 Å². The molecule has 1 saturated heterocycles. The molecule has 3 heterocycles. The number of furan rings is 1. The van der Waals surface area contributed by atoms with Gasteiger partial charge in [0.1, 0.15) is 5.58 Å². The summed E-state index contributed by atoms with van der Waals surface area (Å²) in [6.45, 7) is 10.4. The number of nitrogens with zero attached hydrogens (tertiary/aromatic N) is 5. The predicted molar refractivity (Wildman–Crippen MR) is 123 cm³/mol. The zero-order valence-corrected chi connectivity index (χ0v) is 17.4. The normalized spacial score (nSPS) is 15.1. The molecule has 0 aliphatic carbocycles. The van der Waals surface area contributed by atoms with E-state index in [-0.39, 0.29) is 5.91 Å². The molecule has 31 heavy (non-hydrogen) atoms. The molecule has 0 unspecified atom stereocenters. The van der Waals surface area contributed by atoms with Gasteiger partial charge in [-0.15, -0.1) is 0 Å². The van der Waals surface area contributed by atoms with Crippen molar-refractivity contribution in [3.8, 4) is 0 Å². The van der Waals surface area contributed by atoms with Gasteiger partial charge in [0.25, 0.3) is 5.91 Å². The second kappa shape index (κ2) is 8.93. The lowest BCUT2D eigenvalue weighted by Crippen LogP contribution is -2.47. The van der Waals surface area contributed by atoms with Gasteiger partial charge in [-0.3, -0.25) is 9.79 Å². The minimum atomic E-state index is -0.0756. The van der Waals surface area contributed by atoms with Crippen LogP contribution >= 0.6 is 0 Å². The van der Waals surface area contributed by atoms with Crippen LogP contribution in [0.25, 0.3) is 16.7 Å². The van der Waals surface area contributed by atoms with Gasteiger partial charge < -0.3 is 19.5 Å². The highest BCUT2D eigenvalue weighted by Crippen LogP contribution is 2.26. The van der Waals surface area contributed by atoms with Crippen LogP contribution in [0.4, 0.5) is 11.6 Å². The fourth-order valence-corrected chi connectivity index (χ4v) is 3.41. The quantitative estimate of drug-likeness (QED) is 0.488. The highest BCUT2D eigenvalue weighted by molar-refractivity contribution is 5.97. The van der Waals surface area contributed by atoms with Crippen LogP contribution in [0.1, 0.15) is 16.2 Å². The van der Waals surface area contributed by atoms with Gasteiger partial charge in [0, 0.05) is 43.4 Å². The Balaban J connectivity index is 1.54. The number of aromatic nitrogens is 2. The van der Waals surface area contributed by atoms with Crippen molar-refractivity contribution in [1.82, 2.24) is 19.8 Å². The van der Waals surface area contributed by atoms with Crippen molar-refractivity contribution in [3.63, 3.8) is 0 Å². The van der Waals surface area contributed by atoms with Crippen molar-refractivity contribution in [2.75, 3.05) is 38.5 Å². The first-order valence-corrected chi connectivity index (χ1v) is 9.98. The van der Waals surface area contributed by atoms with E-state index in [4.69, 9.17) is 4.42 Å². The van der Waals surface area contributed by atoms with Gasteiger partial charge >= 0.3 is 0 Å². The van der Waals surface area contributed by atoms with Crippen LogP contribution in [-0.2, 0) is 0 Å². The predicted octanol–water partition coefficient (Wildman–Crippen LogP) is 3.58. The minimum absolute atomic E-state index is 0.0756. The minimum Gasteiger partial charge on any atom is -0.451 e.